The SMILES string of the molecule is CN(C)C1CSc2c(O)cccc2C1. The molecular formula is C11H15NOS. The van der Waals surface area contributed by atoms with Crippen LogP contribution in [-0.2, 0) is 6.42 Å². The summed E-state index contributed by atoms with van der Waals surface area (Å²) in [7, 11) is 4.22. The van der Waals surface area contributed by atoms with Gasteiger partial charge in [-0.05, 0) is 32.1 Å². The van der Waals surface area contributed by atoms with Gasteiger partial charge < -0.3 is 10.0 Å². The Morgan fingerprint density at radius 2 is 2.21 bits per heavy atom. The second-order valence-electron chi connectivity index (χ2n) is 3.90. The van der Waals surface area contributed by atoms with E-state index in [0.29, 0.717) is 11.8 Å². The third kappa shape index (κ3) is 1.74. The summed E-state index contributed by atoms with van der Waals surface area (Å²) in [5.74, 6) is 1.50. The Hall–Kier alpha value is -0.670. The van der Waals surface area contributed by atoms with Crippen molar-refractivity contribution in [3.8, 4) is 5.75 Å². The Kier molecular flexibility index (Phi) is 2.70. The zero-order chi connectivity index (χ0) is 10.1. The maximum absolute atomic E-state index is 9.65. The number of hydrogen-bond acceptors (Lipinski definition) is 3. The number of rotatable bonds is 1. The molecule has 1 aromatic carbocycles. The van der Waals surface area contributed by atoms with Gasteiger partial charge in [0, 0.05) is 11.8 Å². The Bertz CT molecular complexity index is 338. The maximum atomic E-state index is 9.65. The number of phenols is 1. The van der Waals surface area contributed by atoms with Crippen LogP contribution in [0, 0.1) is 0 Å². The average molecular weight is 209 g/mol. The van der Waals surface area contributed by atoms with E-state index in [0.717, 1.165) is 17.1 Å². The van der Waals surface area contributed by atoms with Gasteiger partial charge in [0.2, 0.25) is 0 Å². The monoisotopic (exact) mass is 209 g/mol. The molecule has 1 aliphatic rings. The van der Waals surface area contributed by atoms with Crippen LogP contribution >= 0.6 is 11.8 Å². The van der Waals surface area contributed by atoms with Crippen molar-refractivity contribution in [2.75, 3.05) is 19.8 Å². The van der Waals surface area contributed by atoms with Crippen LogP contribution in [0.25, 0.3) is 0 Å². The van der Waals surface area contributed by atoms with Crippen LogP contribution in [0.3, 0.4) is 0 Å². The fraction of sp³-hybridized carbons (Fsp3) is 0.455. The van der Waals surface area contributed by atoms with Crippen molar-refractivity contribution in [3.05, 3.63) is 23.8 Å². The van der Waals surface area contributed by atoms with Gasteiger partial charge in [-0.15, -0.1) is 11.8 Å². The number of benzene rings is 1. The minimum Gasteiger partial charge on any atom is -0.507 e. The number of phenolic OH excluding ortho intramolecular Hbond substituents is 1. The molecule has 0 radical (unpaired) electrons. The lowest BCUT2D eigenvalue weighted by molar-refractivity contribution is 0.312. The molecule has 0 aromatic heterocycles. The van der Waals surface area contributed by atoms with Crippen molar-refractivity contribution < 1.29 is 5.11 Å². The van der Waals surface area contributed by atoms with Crippen LogP contribution < -0.4 is 0 Å². The van der Waals surface area contributed by atoms with E-state index in [2.05, 4.69) is 25.1 Å². The van der Waals surface area contributed by atoms with Gasteiger partial charge in [-0.2, -0.15) is 0 Å². The first-order valence-corrected chi connectivity index (χ1v) is 5.77. The zero-order valence-corrected chi connectivity index (χ0v) is 9.34. The molecule has 76 valence electrons. The summed E-state index contributed by atoms with van der Waals surface area (Å²) in [5.41, 5.74) is 1.28. The highest BCUT2D eigenvalue weighted by molar-refractivity contribution is 7.99. The van der Waals surface area contributed by atoms with E-state index in [9.17, 15) is 5.11 Å². The molecule has 0 amide bonds. The molecule has 14 heavy (non-hydrogen) atoms. The van der Waals surface area contributed by atoms with Gasteiger partial charge in [-0.3, -0.25) is 0 Å². The van der Waals surface area contributed by atoms with Crippen molar-refractivity contribution >= 4 is 11.8 Å². The second kappa shape index (κ2) is 3.83. The van der Waals surface area contributed by atoms with Crippen LogP contribution in [0.5, 0.6) is 5.75 Å². The molecule has 1 unspecified atom stereocenters. The summed E-state index contributed by atoms with van der Waals surface area (Å²) < 4.78 is 0. The minimum absolute atomic E-state index is 0.435. The van der Waals surface area contributed by atoms with Gasteiger partial charge in [0.1, 0.15) is 5.75 Å². The first-order chi connectivity index (χ1) is 6.68. The van der Waals surface area contributed by atoms with E-state index in [4.69, 9.17) is 0 Å². The summed E-state index contributed by atoms with van der Waals surface area (Å²) >= 11 is 1.76. The maximum Gasteiger partial charge on any atom is 0.129 e. The van der Waals surface area contributed by atoms with Crippen molar-refractivity contribution in [2.45, 2.75) is 17.4 Å². The van der Waals surface area contributed by atoms with Crippen molar-refractivity contribution in [2.24, 2.45) is 0 Å². The van der Waals surface area contributed by atoms with E-state index in [1.165, 1.54) is 5.56 Å². The molecule has 2 nitrogen and oxygen atoms in total. The number of fused-ring (bicyclic) bond motifs is 1. The minimum atomic E-state index is 0.435. The molecule has 1 heterocycles. The van der Waals surface area contributed by atoms with Crippen LogP contribution in [0.1, 0.15) is 5.56 Å². The summed E-state index contributed by atoms with van der Waals surface area (Å²) in [4.78, 5) is 3.32. The third-order valence-corrected chi connectivity index (χ3v) is 3.99. The third-order valence-electron chi connectivity index (χ3n) is 2.68. The highest BCUT2D eigenvalue weighted by Gasteiger charge is 2.22. The fourth-order valence-electron chi connectivity index (χ4n) is 1.72. The number of likely N-dealkylation sites (N-methyl/N-ethyl adjacent to an activating group) is 1. The van der Waals surface area contributed by atoms with Gasteiger partial charge in [-0.25, -0.2) is 0 Å². The van der Waals surface area contributed by atoms with Crippen LogP contribution in [0.2, 0.25) is 0 Å². The lowest BCUT2D eigenvalue weighted by Gasteiger charge is -2.29. The van der Waals surface area contributed by atoms with Crippen LogP contribution in [0.4, 0.5) is 0 Å². The summed E-state index contributed by atoms with van der Waals surface area (Å²) in [6.07, 6.45) is 1.05. The molecule has 2 rings (SSSR count). The molecule has 1 atom stereocenters. The quantitative estimate of drug-likeness (QED) is 0.765. The number of thioether (sulfide) groups is 1. The molecule has 1 N–H and O–H groups in total. The molecule has 1 aliphatic heterocycles. The Morgan fingerprint density at radius 1 is 1.43 bits per heavy atom. The number of hydrogen-bond donors (Lipinski definition) is 1. The normalized spacial score (nSPS) is 20.9. The lowest BCUT2D eigenvalue weighted by atomic mass is 10.1. The predicted octanol–water partition coefficient (Wildman–Crippen LogP) is 1.97. The van der Waals surface area contributed by atoms with Gasteiger partial charge >= 0.3 is 0 Å². The van der Waals surface area contributed by atoms with E-state index < -0.39 is 0 Å². The largest absolute Gasteiger partial charge is 0.507 e. The standard InChI is InChI=1S/C11H15NOS/c1-12(2)9-6-8-4-3-5-10(13)11(8)14-7-9/h3-5,9,13H,6-7H2,1-2H3. The molecule has 0 spiro atoms. The summed E-state index contributed by atoms with van der Waals surface area (Å²) in [6.45, 7) is 0. The van der Waals surface area contributed by atoms with Gasteiger partial charge in [0.25, 0.3) is 0 Å². The van der Waals surface area contributed by atoms with E-state index in [-0.39, 0.29) is 0 Å². The molecule has 0 bridgehead atoms. The molecule has 3 heteroatoms. The molecule has 0 fully saturated rings. The highest BCUT2D eigenvalue weighted by atomic mass is 32.2. The molecule has 0 saturated carbocycles. The van der Waals surface area contributed by atoms with Gasteiger partial charge in [0.15, 0.2) is 0 Å². The van der Waals surface area contributed by atoms with Crippen molar-refractivity contribution in [1.82, 2.24) is 4.90 Å². The number of nitrogens with zero attached hydrogens (tertiary/aromatic N) is 1. The first kappa shape index (κ1) is 9.87. The summed E-state index contributed by atoms with van der Waals surface area (Å²) in [6, 6.07) is 6.39. The Labute approximate surface area is 88.9 Å². The summed E-state index contributed by atoms with van der Waals surface area (Å²) in [5, 5.41) is 9.65. The lowest BCUT2D eigenvalue weighted by Crippen LogP contribution is -2.34. The van der Waals surface area contributed by atoms with E-state index >= 15 is 0 Å². The number of aromatic hydroxyl groups is 1. The molecular weight excluding hydrogens is 194 g/mol. The van der Waals surface area contributed by atoms with Crippen molar-refractivity contribution in [3.63, 3.8) is 0 Å². The average Bonchev–Trinajstić information content (AvgIpc) is 2.17. The van der Waals surface area contributed by atoms with Crippen LogP contribution in [0.15, 0.2) is 23.1 Å². The Balaban J connectivity index is 2.27. The molecule has 1 aromatic rings. The fourth-order valence-corrected chi connectivity index (χ4v) is 3.05. The van der Waals surface area contributed by atoms with Crippen molar-refractivity contribution in [1.29, 1.82) is 0 Å². The van der Waals surface area contributed by atoms with Gasteiger partial charge in [-0.1, -0.05) is 12.1 Å². The van der Waals surface area contributed by atoms with Crippen LogP contribution in [-0.4, -0.2) is 35.9 Å². The smallest absolute Gasteiger partial charge is 0.129 e. The van der Waals surface area contributed by atoms with E-state index in [1.807, 2.05) is 6.07 Å². The molecule has 0 aliphatic carbocycles. The zero-order valence-electron chi connectivity index (χ0n) is 8.53. The first-order valence-electron chi connectivity index (χ1n) is 4.78. The molecule has 0 saturated heterocycles. The topological polar surface area (TPSA) is 23.5 Å². The Morgan fingerprint density at radius 3 is 2.93 bits per heavy atom. The predicted molar refractivity (Wildman–Crippen MR) is 60.0 cm³/mol. The second-order valence-corrected chi connectivity index (χ2v) is 4.93. The van der Waals surface area contributed by atoms with E-state index in [1.54, 1.807) is 17.8 Å². The highest BCUT2D eigenvalue weighted by Crippen LogP contribution is 2.37. The van der Waals surface area contributed by atoms with Gasteiger partial charge in [0.05, 0.1) is 4.90 Å².